The van der Waals surface area contributed by atoms with Gasteiger partial charge in [-0.2, -0.15) is 0 Å². The van der Waals surface area contributed by atoms with E-state index < -0.39 is 0 Å². The average molecular weight is 417 g/mol. The SMILES string of the molecule is Cc1ccc(C)c(NCN2C(=O)S/C(=C\c3cccc(Br)c3)C2=O)c1. The van der Waals surface area contributed by atoms with Gasteiger partial charge in [0.25, 0.3) is 11.1 Å². The van der Waals surface area contributed by atoms with Crippen LogP contribution < -0.4 is 5.32 Å². The fourth-order valence-electron chi connectivity index (χ4n) is 2.47. The summed E-state index contributed by atoms with van der Waals surface area (Å²) >= 11 is 4.37. The Morgan fingerprint density at radius 3 is 2.72 bits per heavy atom. The minimum atomic E-state index is -0.271. The first kappa shape index (κ1) is 17.8. The van der Waals surface area contributed by atoms with Gasteiger partial charge in [0.2, 0.25) is 0 Å². The van der Waals surface area contributed by atoms with Gasteiger partial charge in [0.1, 0.15) is 0 Å². The number of thioether (sulfide) groups is 1. The first-order valence-electron chi connectivity index (χ1n) is 7.76. The number of amides is 2. The molecule has 1 fully saturated rings. The predicted octanol–water partition coefficient (Wildman–Crippen LogP) is 5.17. The maximum absolute atomic E-state index is 12.5. The minimum absolute atomic E-state index is 0.158. The van der Waals surface area contributed by atoms with E-state index in [1.165, 1.54) is 4.90 Å². The van der Waals surface area contributed by atoms with Gasteiger partial charge in [-0.05, 0) is 66.6 Å². The Morgan fingerprint density at radius 1 is 1.16 bits per heavy atom. The zero-order valence-electron chi connectivity index (χ0n) is 13.9. The number of carbonyl (C=O) groups is 2. The maximum atomic E-state index is 12.5. The zero-order chi connectivity index (χ0) is 18.0. The lowest BCUT2D eigenvalue weighted by atomic mass is 10.1. The monoisotopic (exact) mass is 416 g/mol. The molecular weight excluding hydrogens is 400 g/mol. The van der Waals surface area contributed by atoms with Crippen LogP contribution in [0.3, 0.4) is 0 Å². The van der Waals surface area contributed by atoms with E-state index in [1.54, 1.807) is 6.08 Å². The molecule has 25 heavy (non-hydrogen) atoms. The highest BCUT2D eigenvalue weighted by Crippen LogP contribution is 2.32. The van der Waals surface area contributed by atoms with Gasteiger partial charge >= 0.3 is 0 Å². The van der Waals surface area contributed by atoms with E-state index in [4.69, 9.17) is 0 Å². The molecule has 0 unspecified atom stereocenters. The molecule has 4 nitrogen and oxygen atoms in total. The van der Waals surface area contributed by atoms with Gasteiger partial charge in [-0.3, -0.25) is 14.5 Å². The van der Waals surface area contributed by atoms with Crippen LogP contribution in [0.15, 0.2) is 51.8 Å². The number of nitrogens with zero attached hydrogens (tertiary/aromatic N) is 1. The van der Waals surface area contributed by atoms with Crippen molar-refractivity contribution >= 4 is 50.6 Å². The predicted molar refractivity (Wildman–Crippen MR) is 106 cm³/mol. The molecule has 1 saturated heterocycles. The number of hydrogen-bond donors (Lipinski definition) is 1. The molecule has 0 aromatic heterocycles. The second-order valence-corrected chi connectivity index (χ2v) is 7.73. The van der Waals surface area contributed by atoms with E-state index in [9.17, 15) is 9.59 Å². The van der Waals surface area contributed by atoms with E-state index in [1.807, 2.05) is 56.3 Å². The van der Waals surface area contributed by atoms with Crippen molar-refractivity contribution in [3.8, 4) is 0 Å². The van der Waals surface area contributed by atoms with Crippen LogP contribution in [0, 0.1) is 13.8 Å². The Kier molecular flexibility index (Phi) is 5.30. The molecule has 0 atom stereocenters. The van der Waals surface area contributed by atoms with Gasteiger partial charge in [-0.25, -0.2) is 0 Å². The van der Waals surface area contributed by atoms with Gasteiger partial charge in [0, 0.05) is 10.2 Å². The van der Waals surface area contributed by atoms with Crippen molar-refractivity contribution in [2.45, 2.75) is 13.8 Å². The van der Waals surface area contributed by atoms with E-state index in [-0.39, 0.29) is 17.8 Å². The first-order chi connectivity index (χ1) is 11.9. The van der Waals surface area contributed by atoms with E-state index in [2.05, 4.69) is 21.2 Å². The summed E-state index contributed by atoms with van der Waals surface area (Å²) in [6.07, 6.45) is 1.74. The summed E-state index contributed by atoms with van der Waals surface area (Å²) in [5, 5.41) is 2.93. The van der Waals surface area contributed by atoms with Crippen LogP contribution in [0.25, 0.3) is 6.08 Å². The van der Waals surface area contributed by atoms with Crippen LogP contribution in [-0.4, -0.2) is 22.7 Å². The van der Waals surface area contributed by atoms with Crippen LogP contribution in [-0.2, 0) is 4.79 Å². The Balaban J connectivity index is 1.74. The molecule has 2 aromatic carbocycles. The second-order valence-electron chi connectivity index (χ2n) is 5.82. The van der Waals surface area contributed by atoms with Crippen molar-refractivity contribution in [2.75, 3.05) is 12.0 Å². The lowest BCUT2D eigenvalue weighted by Crippen LogP contribution is -2.33. The van der Waals surface area contributed by atoms with Crippen molar-refractivity contribution in [1.29, 1.82) is 0 Å². The first-order valence-corrected chi connectivity index (χ1v) is 9.37. The molecule has 1 aliphatic rings. The Bertz CT molecular complexity index is 879. The van der Waals surface area contributed by atoms with Gasteiger partial charge < -0.3 is 5.32 Å². The number of rotatable bonds is 4. The molecule has 1 N–H and O–H groups in total. The standard InChI is InChI=1S/C19H17BrN2O2S/c1-12-6-7-13(2)16(8-12)21-11-22-18(23)17(25-19(22)24)10-14-4-3-5-15(20)9-14/h3-10,21H,11H2,1-2H3/b17-10-. The second kappa shape index (κ2) is 7.45. The van der Waals surface area contributed by atoms with Crippen molar-refractivity contribution in [3.05, 3.63) is 68.5 Å². The van der Waals surface area contributed by atoms with E-state index in [0.717, 1.165) is 38.6 Å². The fraction of sp³-hybridized carbons (Fsp3) is 0.158. The molecule has 0 aliphatic carbocycles. The molecule has 1 aliphatic heterocycles. The summed E-state index contributed by atoms with van der Waals surface area (Å²) in [7, 11) is 0. The van der Waals surface area contributed by atoms with Crippen LogP contribution in [0.1, 0.15) is 16.7 Å². The summed E-state index contributed by atoms with van der Waals surface area (Å²) in [5.41, 5.74) is 4.00. The number of imide groups is 1. The van der Waals surface area contributed by atoms with Crippen LogP contribution >= 0.6 is 27.7 Å². The largest absolute Gasteiger partial charge is 0.367 e. The molecule has 0 saturated carbocycles. The molecular formula is C19H17BrN2O2S. The number of aryl methyl sites for hydroxylation is 2. The third kappa shape index (κ3) is 4.14. The highest BCUT2D eigenvalue weighted by atomic mass is 79.9. The molecule has 128 valence electrons. The highest BCUT2D eigenvalue weighted by Gasteiger charge is 2.34. The summed E-state index contributed by atoms with van der Waals surface area (Å²) in [6.45, 7) is 4.15. The molecule has 2 amide bonds. The van der Waals surface area contributed by atoms with Gasteiger partial charge in [0.15, 0.2) is 0 Å². The van der Waals surface area contributed by atoms with Crippen molar-refractivity contribution in [3.63, 3.8) is 0 Å². The van der Waals surface area contributed by atoms with Crippen molar-refractivity contribution < 1.29 is 9.59 Å². The summed E-state index contributed by atoms with van der Waals surface area (Å²) in [4.78, 5) is 26.4. The average Bonchev–Trinajstić information content (AvgIpc) is 2.82. The highest BCUT2D eigenvalue weighted by molar-refractivity contribution is 9.10. The quantitative estimate of drug-likeness (QED) is 0.698. The summed E-state index contributed by atoms with van der Waals surface area (Å²) in [6, 6.07) is 13.7. The Hall–Kier alpha value is -2.05. The smallest absolute Gasteiger partial charge is 0.295 e. The van der Waals surface area contributed by atoms with E-state index >= 15 is 0 Å². The molecule has 0 bridgehead atoms. The van der Waals surface area contributed by atoms with Crippen LogP contribution in [0.4, 0.5) is 10.5 Å². The number of benzene rings is 2. The third-order valence-corrected chi connectivity index (χ3v) is 5.24. The molecule has 2 aromatic rings. The summed E-state index contributed by atoms with van der Waals surface area (Å²) < 4.78 is 0.928. The minimum Gasteiger partial charge on any atom is -0.367 e. The molecule has 6 heteroatoms. The Labute approximate surface area is 159 Å². The number of halogens is 1. The van der Waals surface area contributed by atoms with Crippen molar-refractivity contribution in [2.24, 2.45) is 0 Å². The molecule has 1 heterocycles. The lowest BCUT2D eigenvalue weighted by Gasteiger charge is -2.16. The van der Waals surface area contributed by atoms with Gasteiger partial charge in [0.05, 0.1) is 11.6 Å². The van der Waals surface area contributed by atoms with Gasteiger partial charge in [-0.1, -0.05) is 40.2 Å². The lowest BCUT2D eigenvalue weighted by molar-refractivity contribution is -0.122. The van der Waals surface area contributed by atoms with Gasteiger partial charge in [-0.15, -0.1) is 0 Å². The summed E-state index contributed by atoms with van der Waals surface area (Å²) in [5.74, 6) is -0.271. The zero-order valence-corrected chi connectivity index (χ0v) is 16.3. The number of carbonyl (C=O) groups excluding carboxylic acids is 2. The third-order valence-electron chi connectivity index (χ3n) is 3.84. The van der Waals surface area contributed by atoms with E-state index in [0.29, 0.717) is 4.91 Å². The normalized spacial score (nSPS) is 16.0. The van der Waals surface area contributed by atoms with Crippen molar-refractivity contribution in [1.82, 2.24) is 4.90 Å². The fourth-order valence-corrected chi connectivity index (χ4v) is 3.73. The maximum Gasteiger partial charge on any atom is 0.295 e. The number of anilines is 1. The van der Waals surface area contributed by atoms with Crippen LogP contribution in [0.2, 0.25) is 0 Å². The van der Waals surface area contributed by atoms with Crippen LogP contribution in [0.5, 0.6) is 0 Å². The Morgan fingerprint density at radius 2 is 1.96 bits per heavy atom. The molecule has 0 spiro atoms. The molecule has 0 radical (unpaired) electrons. The molecule has 3 rings (SSSR count). The number of nitrogens with one attached hydrogen (secondary N) is 1. The topological polar surface area (TPSA) is 49.4 Å². The number of hydrogen-bond acceptors (Lipinski definition) is 4.